The van der Waals surface area contributed by atoms with Crippen LogP contribution in [0.15, 0.2) is 10.9 Å². The predicted molar refractivity (Wildman–Crippen MR) is 50.6 cm³/mol. The quantitative estimate of drug-likeness (QED) is 0.704. The number of aryl methyl sites for hydroxylation is 1. The van der Waals surface area contributed by atoms with E-state index in [0.29, 0.717) is 16.3 Å². The Balaban J connectivity index is 2.79. The summed E-state index contributed by atoms with van der Waals surface area (Å²) in [6.45, 7) is 0. The number of hydrogen-bond donors (Lipinski definition) is 0. The Labute approximate surface area is 82.9 Å². The highest BCUT2D eigenvalue weighted by atomic mass is 79.9. The van der Waals surface area contributed by atoms with Gasteiger partial charge in [-0.05, 0) is 15.9 Å². The van der Waals surface area contributed by atoms with E-state index in [0.717, 1.165) is 5.52 Å². The molecule has 13 heavy (non-hydrogen) atoms. The molecule has 2 aromatic heterocycles. The van der Waals surface area contributed by atoms with Gasteiger partial charge >= 0.3 is 6.01 Å². The van der Waals surface area contributed by atoms with Crippen LogP contribution >= 0.6 is 15.9 Å². The van der Waals surface area contributed by atoms with Crippen LogP contribution in [0.3, 0.4) is 0 Å². The molecule has 0 amide bonds. The second-order valence-electron chi connectivity index (χ2n) is 2.53. The van der Waals surface area contributed by atoms with E-state index in [2.05, 4.69) is 30.9 Å². The summed E-state index contributed by atoms with van der Waals surface area (Å²) in [6, 6.07) is 0.318. The number of rotatable bonds is 1. The van der Waals surface area contributed by atoms with Crippen molar-refractivity contribution >= 4 is 27.1 Å². The molecule has 0 spiro atoms. The highest BCUT2D eigenvalue weighted by Crippen LogP contribution is 2.21. The van der Waals surface area contributed by atoms with E-state index in [1.165, 1.54) is 7.11 Å². The van der Waals surface area contributed by atoms with Crippen LogP contribution in [0.4, 0.5) is 0 Å². The van der Waals surface area contributed by atoms with Crippen LogP contribution in [0, 0.1) is 0 Å². The third-order valence-electron chi connectivity index (χ3n) is 1.69. The van der Waals surface area contributed by atoms with Gasteiger partial charge in [0, 0.05) is 7.05 Å². The summed E-state index contributed by atoms with van der Waals surface area (Å²) < 4.78 is 7.45. The molecule has 0 N–H and O–H groups in total. The van der Waals surface area contributed by atoms with E-state index in [1.807, 2.05) is 11.6 Å². The molecule has 0 aliphatic carbocycles. The van der Waals surface area contributed by atoms with Gasteiger partial charge in [0.25, 0.3) is 0 Å². The second-order valence-corrected chi connectivity index (χ2v) is 3.28. The first-order chi connectivity index (χ1) is 6.22. The number of hydrogen-bond acceptors (Lipinski definition) is 4. The van der Waals surface area contributed by atoms with Crippen molar-refractivity contribution < 1.29 is 4.74 Å². The zero-order chi connectivity index (χ0) is 9.42. The zero-order valence-electron chi connectivity index (χ0n) is 7.15. The Hall–Kier alpha value is -1.17. The molecule has 2 rings (SSSR count). The van der Waals surface area contributed by atoms with Crippen LogP contribution in [0.1, 0.15) is 0 Å². The average molecular weight is 243 g/mol. The van der Waals surface area contributed by atoms with Gasteiger partial charge in [-0.25, -0.2) is 4.98 Å². The van der Waals surface area contributed by atoms with E-state index in [4.69, 9.17) is 4.74 Å². The Kier molecular flexibility index (Phi) is 1.91. The zero-order valence-corrected chi connectivity index (χ0v) is 8.74. The maximum atomic E-state index is 4.91. The molecule has 0 radical (unpaired) electrons. The van der Waals surface area contributed by atoms with Crippen LogP contribution in [-0.2, 0) is 7.05 Å². The Morgan fingerprint density at radius 1 is 1.46 bits per heavy atom. The summed E-state index contributed by atoms with van der Waals surface area (Å²) in [5, 5.41) is 0. The molecule has 2 heterocycles. The lowest BCUT2D eigenvalue weighted by Gasteiger charge is -1.99. The Bertz CT molecular complexity index is 453. The SMILES string of the molecule is COc1nc(Br)c2c(ncn2C)n1. The molecule has 2 aromatic rings. The summed E-state index contributed by atoms with van der Waals surface area (Å²) in [5.74, 6) is 0. The first-order valence-electron chi connectivity index (χ1n) is 3.61. The molecule has 0 unspecified atom stereocenters. The summed E-state index contributed by atoms with van der Waals surface area (Å²) in [6.07, 6.45) is 1.68. The number of halogens is 1. The van der Waals surface area contributed by atoms with Gasteiger partial charge in [-0.15, -0.1) is 0 Å². The van der Waals surface area contributed by atoms with Crippen molar-refractivity contribution in [2.24, 2.45) is 7.05 Å². The van der Waals surface area contributed by atoms with Gasteiger partial charge in [0.05, 0.1) is 13.4 Å². The van der Waals surface area contributed by atoms with Crippen molar-refractivity contribution in [3.05, 3.63) is 10.9 Å². The normalized spacial score (nSPS) is 10.7. The van der Waals surface area contributed by atoms with Crippen LogP contribution in [0.25, 0.3) is 11.2 Å². The molecule has 0 saturated carbocycles. The molecule has 0 bridgehead atoms. The highest BCUT2D eigenvalue weighted by molar-refractivity contribution is 9.10. The van der Waals surface area contributed by atoms with E-state index < -0.39 is 0 Å². The van der Waals surface area contributed by atoms with Crippen LogP contribution in [-0.4, -0.2) is 26.6 Å². The highest BCUT2D eigenvalue weighted by Gasteiger charge is 2.09. The fourth-order valence-corrected chi connectivity index (χ4v) is 1.69. The van der Waals surface area contributed by atoms with Crippen LogP contribution in [0.2, 0.25) is 0 Å². The molecular weight excluding hydrogens is 236 g/mol. The minimum Gasteiger partial charge on any atom is -0.467 e. The fraction of sp³-hybridized carbons (Fsp3) is 0.286. The van der Waals surface area contributed by atoms with E-state index in [9.17, 15) is 0 Å². The summed E-state index contributed by atoms with van der Waals surface area (Å²) >= 11 is 3.33. The van der Waals surface area contributed by atoms with Crippen molar-refractivity contribution in [3.63, 3.8) is 0 Å². The molecule has 0 saturated heterocycles. The van der Waals surface area contributed by atoms with Crippen LogP contribution in [0.5, 0.6) is 6.01 Å². The lowest BCUT2D eigenvalue weighted by Crippen LogP contribution is -1.95. The molecular formula is C7H7BrN4O. The van der Waals surface area contributed by atoms with E-state index in [-0.39, 0.29) is 0 Å². The van der Waals surface area contributed by atoms with Gasteiger partial charge in [-0.3, -0.25) is 0 Å². The fourth-order valence-electron chi connectivity index (χ4n) is 1.08. The minimum atomic E-state index is 0.318. The molecule has 0 aliphatic rings. The summed E-state index contributed by atoms with van der Waals surface area (Å²) in [7, 11) is 3.41. The Morgan fingerprint density at radius 3 is 2.92 bits per heavy atom. The number of fused-ring (bicyclic) bond motifs is 1. The molecule has 0 aromatic carbocycles. The maximum absolute atomic E-state index is 4.91. The van der Waals surface area contributed by atoms with Gasteiger partial charge in [-0.2, -0.15) is 9.97 Å². The van der Waals surface area contributed by atoms with Crippen molar-refractivity contribution in [2.75, 3.05) is 7.11 Å². The van der Waals surface area contributed by atoms with Gasteiger partial charge in [0.2, 0.25) is 0 Å². The number of nitrogens with zero attached hydrogens (tertiary/aromatic N) is 4. The third kappa shape index (κ3) is 1.27. The third-order valence-corrected chi connectivity index (χ3v) is 2.24. The topological polar surface area (TPSA) is 52.8 Å². The molecule has 6 heteroatoms. The van der Waals surface area contributed by atoms with Gasteiger partial charge in [0.1, 0.15) is 10.1 Å². The smallest absolute Gasteiger partial charge is 0.319 e. The monoisotopic (exact) mass is 242 g/mol. The van der Waals surface area contributed by atoms with E-state index in [1.54, 1.807) is 6.33 Å². The van der Waals surface area contributed by atoms with Crippen molar-refractivity contribution in [1.82, 2.24) is 19.5 Å². The number of methoxy groups -OCH3 is 1. The van der Waals surface area contributed by atoms with Crippen molar-refractivity contribution in [2.45, 2.75) is 0 Å². The predicted octanol–water partition coefficient (Wildman–Crippen LogP) is 1.13. The summed E-state index contributed by atoms with van der Waals surface area (Å²) in [5.41, 5.74) is 1.49. The molecule has 5 nitrogen and oxygen atoms in total. The molecule has 68 valence electrons. The lowest BCUT2D eigenvalue weighted by molar-refractivity contribution is 0.380. The first kappa shape index (κ1) is 8.43. The minimum absolute atomic E-state index is 0.318. The first-order valence-corrected chi connectivity index (χ1v) is 4.40. The molecule has 0 fully saturated rings. The second kappa shape index (κ2) is 2.95. The number of imidazole rings is 1. The maximum Gasteiger partial charge on any atom is 0.319 e. The standard InChI is InChI=1S/C7H7BrN4O/c1-12-3-9-6-4(12)5(8)10-7(11-6)13-2/h3H,1-2H3. The number of ether oxygens (including phenoxy) is 1. The molecule has 0 atom stereocenters. The lowest BCUT2D eigenvalue weighted by atomic mass is 10.5. The van der Waals surface area contributed by atoms with Crippen LogP contribution < -0.4 is 4.74 Å². The van der Waals surface area contributed by atoms with Gasteiger partial charge < -0.3 is 9.30 Å². The van der Waals surface area contributed by atoms with Crippen molar-refractivity contribution in [3.8, 4) is 6.01 Å². The van der Waals surface area contributed by atoms with Crippen molar-refractivity contribution in [1.29, 1.82) is 0 Å². The molecule has 0 aliphatic heterocycles. The largest absolute Gasteiger partial charge is 0.467 e. The summed E-state index contributed by atoms with van der Waals surface area (Å²) in [4.78, 5) is 12.2. The van der Waals surface area contributed by atoms with Gasteiger partial charge in [0.15, 0.2) is 5.65 Å². The number of aromatic nitrogens is 4. The van der Waals surface area contributed by atoms with E-state index >= 15 is 0 Å². The van der Waals surface area contributed by atoms with Gasteiger partial charge in [-0.1, -0.05) is 0 Å². The Morgan fingerprint density at radius 2 is 2.23 bits per heavy atom. The average Bonchev–Trinajstić information content (AvgIpc) is 2.48.